The highest BCUT2D eigenvalue weighted by molar-refractivity contribution is 6.11. The minimum Gasteiger partial charge on any atom is -0.289 e. The molecule has 3 rings (SSSR count). The van der Waals surface area contributed by atoms with Gasteiger partial charge in [-0.25, -0.2) is 4.39 Å². The number of rotatable bonds is 4. The number of azo groups is 1. The van der Waals surface area contributed by atoms with Crippen LogP contribution < -0.4 is 0 Å². The third-order valence-corrected chi connectivity index (χ3v) is 3.28. The van der Waals surface area contributed by atoms with Crippen LogP contribution in [0, 0.1) is 5.82 Å². The Morgan fingerprint density at radius 1 is 0.739 bits per heavy atom. The van der Waals surface area contributed by atoms with E-state index in [9.17, 15) is 9.18 Å². The van der Waals surface area contributed by atoms with Gasteiger partial charge in [-0.15, -0.1) is 5.11 Å². The molecule has 0 unspecified atom stereocenters. The predicted octanol–water partition coefficient (Wildman–Crippen LogP) is 5.47. The van der Waals surface area contributed by atoms with Gasteiger partial charge in [0.25, 0.3) is 0 Å². The van der Waals surface area contributed by atoms with Gasteiger partial charge in [-0.05, 0) is 48.5 Å². The van der Waals surface area contributed by atoms with Crippen LogP contribution >= 0.6 is 0 Å². The molecule has 0 aliphatic heterocycles. The number of hydrogen-bond acceptors (Lipinski definition) is 3. The van der Waals surface area contributed by atoms with Gasteiger partial charge in [0.2, 0.25) is 0 Å². The Morgan fingerprint density at radius 3 is 2.13 bits per heavy atom. The molecule has 0 atom stereocenters. The van der Waals surface area contributed by atoms with E-state index < -0.39 is 0 Å². The average molecular weight is 304 g/mol. The van der Waals surface area contributed by atoms with Gasteiger partial charge in [-0.2, -0.15) is 5.11 Å². The zero-order chi connectivity index (χ0) is 16.1. The Bertz CT molecular complexity index is 843. The molecule has 0 aliphatic carbocycles. The number of halogens is 1. The molecule has 0 radical (unpaired) electrons. The number of nitrogens with zero attached hydrogens (tertiary/aromatic N) is 2. The summed E-state index contributed by atoms with van der Waals surface area (Å²) in [5.41, 5.74) is 2.02. The van der Waals surface area contributed by atoms with Crippen molar-refractivity contribution in [1.29, 1.82) is 0 Å². The summed E-state index contributed by atoms with van der Waals surface area (Å²) in [6.45, 7) is 0. The molecule has 4 heteroatoms. The Hall–Kier alpha value is -3.14. The number of ketones is 1. The topological polar surface area (TPSA) is 41.8 Å². The van der Waals surface area contributed by atoms with Crippen LogP contribution in [0.3, 0.4) is 0 Å². The largest absolute Gasteiger partial charge is 0.289 e. The van der Waals surface area contributed by atoms with E-state index in [2.05, 4.69) is 10.2 Å². The molecule has 3 aromatic rings. The summed E-state index contributed by atoms with van der Waals surface area (Å²) in [5, 5.41) is 8.31. The standard InChI is InChI=1S/C19H13FN2O/c20-15-12-10-14(11-13-15)19(23)17-8-4-5-9-18(17)22-21-16-6-2-1-3-7-16/h1-13H. The van der Waals surface area contributed by atoms with Crippen LogP contribution in [0.2, 0.25) is 0 Å². The molecule has 0 bridgehead atoms. The summed E-state index contributed by atoms with van der Waals surface area (Å²) in [6.07, 6.45) is 0. The molecule has 0 saturated carbocycles. The highest BCUT2D eigenvalue weighted by Gasteiger charge is 2.13. The maximum absolute atomic E-state index is 13.0. The van der Waals surface area contributed by atoms with Crippen LogP contribution in [0.1, 0.15) is 15.9 Å². The van der Waals surface area contributed by atoms with E-state index in [4.69, 9.17) is 0 Å². The van der Waals surface area contributed by atoms with E-state index in [-0.39, 0.29) is 11.6 Å². The van der Waals surface area contributed by atoms with E-state index in [0.717, 1.165) is 0 Å². The summed E-state index contributed by atoms with van der Waals surface area (Å²) in [5.74, 6) is -0.591. The Kier molecular flexibility index (Phi) is 4.34. The lowest BCUT2D eigenvalue weighted by molar-refractivity contribution is 0.103. The highest BCUT2D eigenvalue weighted by atomic mass is 19.1. The molecular weight excluding hydrogens is 291 g/mol. The summed E-state index contributed by atoms with van der Waals surface area (Å²) < 4.78 is 13.0. The van der Waals surface area contributed by atoms with Gasteiger partial charge in [0, 0.05) is 5.56 Å². The minimum absolute atomic E-state index is 0.215. The van der Waals surface area contributed by atoms with Gasteiger partial charge in [0.15, 0.2) is 5.78 Å². The van der Waals surface area contributed by atoms with Crippen molar-refractivity contribution in [3.05, 3.63) is 95.8 Å². The maximum Gasteiger partial charge on any atom is 0.195 e. The monoisotopic (exact) mass is 304 g/mol. The molecule has 0 fully saturated rings. The van der Waals surface area contributed by atoms with E-state index >= 15 is 0 Å². The van der Waals surface area contributed by atoms with Gasteiger partial charge in [0.05, 0.1) is 16.9 Å². The van der Waals surface area contributed by atoms with E-state index in [1.165, 1.54) is 24.3 Å². The summed E-state index contributed by atoms with van der Waals surface area (Å²) >= 11 is 0. The van der Waals surface area contributed by atoms with E-state index in [0.29, 0.717) is 22.5 Å². The fourth-order valence-electron chi connectivity index (χ4n) is 2.12. The molecule has 0 spiro atoms. The molecule has 112 valence electrons. The third-order valence-electron chi connectivity index (χ3n) is 3.28. The minimum atomic E-state index is -0.376. The Labute approximate surface area is 133 Å². The first kappa shape index (κ1) is 14.8. The van der Waals surface area contributed by atoms with E-state index in [1.54, 1.807) is 24.3 Å². The van der Waals surface area contributed by atoms with Gasteiger partial charge in [-0.1, -0.05) is 30.3 Å². The number of benzene rings is 3. The molecule has 0 saturated heterocycles. The molecule has 0 aliphatic rings. The van der Waals surface area contributed by atoms with E-state index in [1.807, 2.05) is 30.3 Å². The normalized spacial score (nSPS) is 10.8. The second kappa shape index (κ2) is 6.75. The molecule has 0 N–H and O–H groups in total. The first-order chi connectivity index (χ1) is 11.2. The molecule has 23 heavy (non-hydrogen) atoms. The summed E-state index contributed by atoms with van der Waals surface area (Å²) in [4.78, 5) is 12.6. The summed E-state index contributed by atoms with van der Waals surface area (Å²) in [6, 6.07) is 21.7. The highest BCUT2D eigenvalue weighted by Crippen LogP contribution is 2.24. The van der Waals surface area contributed by atoms with Crippen LogP contribution in [-0.4, -0.2) is 5.78 Å². The van der Waals surface area contributed by atoms with Crippen molar-refractivity contribution in [2.75, 3.05) is 0 Å². The number of hydrogen-bond donors (Lipinski definition) is 0. The molecular formula is C19H13FN2O. The van der Waals surface area contributed by atoms with Crippen molar-refractivity contribution in [2.45, 2.75) is 0 Å². The zero-order valence-electron chi connectivity index (χ0n) is 12.2. The predicted molar refractivity (Wildman–Crippen MR) is 86.9 cm³/mol. The first-order valence-electron chi connectivity index (χ1n) is 7.10. The quantitative estimate of drug-likeness (QED) is 0.465. The third kappa shape index (κ3) is 3.55. The SMILES string of the molecule is O=C(c1ccc(F)cc1)c1ccccc1N=Nc1ccccc1. The average Bonchev–Trinajstić information content (AvgIpc) is 2.61. The molecule has 3 nitrogen and oxygen atoms in total. The van der Waals surface area contributed by atoms with Crippen molar-refractivity contribution in [3.63, 3.8) is 0 Å². The van der Waals surface area contributed by atoms with Crippen molar-refractivity contribution < 1.29 is 9.18 Å². The molecule has 3 aromatic carbocycles. The smallest absolute Gasteiger partial charge is 0.195 e. The molecule has 0 amide bonds. The lowest BCUT2D eigenvalue weighted by Crippen LogP contribution is -2.01. The molecule has 0 heterocycles. The fourth-order valence-corrected chi connectivity index (χ4v) is 2.12. The lowest BCUT2D eigenvalue weighted by atomic mass is 10.0. The number of carbonyl (C=O) groups excluding carboxylic acids is 1. The van der Waals surface area contributed by atoms with Crippen molar-refractivity contribution in [2.24, 2.45) is 10.2 Å². The van der Waals surface area contributed by atoms with Crippen LogP contribution in [-0.2, 0) is 0 Å². The second-order valence-electron chi connectivity index (χ2n) is 4.89. The van der Waals surface area contributed by atoms with Gasteiger partial charge < -0.3 is 0 Å². The lowest BCUT2D eigenvalue weighted by Gasteiger charge is -2.04. The van der Waals surface area contributed by atoms with Gasteiger partial charge in [-0.3, -0.25) is 4.79 Å². The van der Waals surface area contributed by atoms with Gasteiger partial charge >= 0.3 is 0 Å². The van der Waals surface area contributed by atoms with Crippen molar-refractivity contribution in [3.8, 4) is 0 Å². The fraction of sp³-hybridized carbons (Fsp3) is 0. The summed E-state index contributed by atoms with van der Waals surface area (Å²) in [7, 11) is 0. The Balaban J connectivity index is 1.93. The maximum atomic E-state index is 13.0. The van der Waals surface area contributed by atoms with Gasteiger partial charge in [0.1, 0.15) is 5.82 Å². The van der Waals surface area contributed by atoms with Crippen molar-refractivity contribution >= 4 is 17.2 Å². The van der Waals surface area contributed by atoms with Crippen molar-refractivity contribution in [1.82, 2.24) is 0 Å². The van der Waals surface area contributed by atoms with Crippen LogP contribution in [0.5, 0.6) is 0 Å². The van der Waals surface area contributed by atoms with Crippen LogP contribution in [0.4, 0.5) is 15.8 Å². The number of carbonyl (C=O) groups is 1. The van der Waals surface area contributed by atoms with Crippen LogP contribution in [0.15, 0.2) is 89.1 Å². The zero-order valence-corrected chi connectivity index (χ0v) is 12.2. The van der Waals surface area contributed by atoms with Crippen LogP contribution in [0.25, 0.3) is 0 Å². The first-order valence-corrected chi connectivity index (χ1v) is 7.10. The molecule has 0 aromatic heterocycles. The Morgan fingerprint density at radius 2 is 1.39 bits per heavy atom. The second-order valence-corrected chi connectivity index (χ2v) is 4.89.